The maximum atomic E-state index is 11.4. The van der Waals surface area contributed by atoms with Gasteiger partial charge >= 0.3 is 0 Å². The Morgan fingerprint density at radius 1 is 1.24 bits per heavy atom. The number of halogens is 1. The molecular formula is C13H14ClN3O2S2. The molecule has 1 aromatic heterocycles. The molecule has 0 aliphatic heterocycles. The molecule has 3 N–H and O–H groups in total. The fourth-order valence-electron chi connectivity index (χ4n) is 1.60. The number of rotatable bonds is 5. The topological polar surface area (TPSA) is 85.1 Å². The lowest BCUT2D eigenvalue weighted by molar-refractivity contribution is 0.602. The van der Waals surface area contributed by atoms with E-state index in [1.165, 1.54) is 18.0 Å². The molecule has 8 heteroatoms. The zero-order valence-electron chi connectivity index (χ0n) is 11.2. The Morgan fingerprint density at radius 2 is 1.90 bits per heavy atom. The molecule has 112 valence electrons. The van der Waals surface area contributed by atoms with E-state index in [2.05, 4.69) is 10.4 Å². The molecule has 0 unspecified atom stereocenters. The molecule has 2 aromatic rings. The second-order valence-corrected chi connectivity index (χ2v) is 7.77. The molecule has 1 aromatic carbocycles. The molecule has 0 fully saturated rings. The van der Waals surface area contributed by atoms with Crippen molar-refractivity contribution in [1.29, 1.82) is 0 Å². The van der Waals surface area contributed by atoms with Crippen molar-refractivity contribution in [3.05, 3.63) is 47.1 Å². The second-order valence-electron chi connectivity index (χ2n) is 4.30. The van der Waals surface area contributed by atoms with Crippen LogP contribution in [0, 0.1) is 0 Å². The number of aromatic nitrogens is 1. The first-order chi connectivity index (χ1) is 9.90. The molecule has 1 heterocycles. The minimum Gasteiger partial charge on any atom is -0.308 e. The number of hydrazine groups is 1. The van der Waals surface area contributed by atoms with Gasteiger partial charge in [0, 0.05) is 16.9 Å². The summed E-state index contributed by atoms with van der Waals surface area (Å²) in [4.78, 5) is 5.52. The van der Waals surface area contributed by atoms with Crippen LogP contribution in [0.2, 0.25) is 5.02 Å². The normalized spacial score (nSPS) is 11.4. The number of anilines is 1. The van der Waals surface area contributed by atoms with Crippen LogP contribution in [0.25, 0.3) is 0 Å². The standard InChI is InChI=1S/C13H14ClN3O2S2/c1-21(18,19)10-4-2-9(3-5-10)20-8-12-11(14)6-7-13(16-12)17-15/h2-7H,8,15H2,1H3,(H,16,17). The summed E-state index contributed by atoms with van der Waals surface area (Å²) in [6.07, 6.45) is 1.18. The van der Waals surface area contributed by atoms with Crippen LogP contribution < -0.4 is 11.3 Å². The lowest BCUT2D eigenvalue weighted by Crippen LogP contribution is -2.09. The van der Waals surface area contributed by atoms with Crippen molar-refractivity contribution in [2.45, 2.75) is 15.5 Å². The highest BCUT2D eigenvalue weighted by Crippen LogP contribution is 2.27. The highest BCUT2D eigenvalue weighted by molar-refractivity contribution is 7.98. The van der Waals surface area contributed by atoms with E-state index in [1.54, 1.807) is 36.4 Å². The fourth-order valence-corrected chi connectivity index (χ4v) is 3.33. The van der Waals surface area contributed by atoms with Gasteiger partial charge in [0.2, 0.25) is 0 Å². The van der Waals surface area contributed by atoms with Crippen molar-refractivity contribution in [2.75, 3.05) is 11.7 Å². The molecule has 0 radical (unpaired) electrons. The Morgan fingerprint density at radius 3 is 2.48 bits per heavy atom. The van der Waals surface area contributed by atoms with Crippen molar-refractivity contribution < 1.29 is 8.42 Å². The highest BCUT2D eigenvalue weighted by Gasteiger charge is 2.08. The summed E-state index contributed by atoms with van der Waals surface area (Å²) in [7, 11) is -3.17. The van der Waals surface area contributed by atoms with Gasteiger partial charge < -0.3 is 5.43 Å². The van der Waals surface area contributed by atoms with Crippen LogP contribution in [0.1, 0.15) is 5.69 Å². The van der Waals surface area contributed by atoms with Crippen LogP contribution in [0.5, 0.6) is 0 Å². The lowest BCUT2D eigenvalue weighted by Gasteiger charge is -2.07. The maximum Gasteiger partial charge on any atom is 0.175 e. The molecule has 0 amide bonds. The summed E-state index contributed by atoms with van der Waals surface area (Å²) in [6, 6.07) is 10.1. The van der Waals surface area contributed by atoms with Crippen LogP contribution in [-0.2, 0) is 15.6 Å². The summed E-state index contributed by atoms with van der Waals surface area (Å²) >= 11 is 7.60. The SMILES string of the molecule is CS(=O)(=O)c1ccc(SCc2nc(NN)ccc2Cl)cc1. The number of thioether (sulfide) groups is 1. The molecule has 0 saturated carbocycles. The zero-order chi connectivity index (χ0) is 15.5. The molecule has 21 heavy (non-hydrogen) atoms. The fraction of sp³-hybridized carbons (Fsp3) is 0.154. The van der Waals surface area contributed by atoms with Crippen LogP contribution in [0.4, 0.5) is 5.82 Å². The van der Waals surface area contributed by atoms with E-state index in [4.69, 9.17) is 17.4 Å². The largest absolute Gasteiger partial charge is 0.308 e. The van der Waals surface area contributed by atoms with Crippen molar-refractivity contribution >= 4 is 39.0 Å². The van der Waals surface area contributed by atoms with Gasteiger partial charge in [0.25, 0.3) is 0 Å². The molecule has 5 nitrogen and oxygen atoms in total. The molecule has 0 saturated heterocycles. The van der Waals surface area contributed by atoms with Crippen LogP contribution >= 0.6 is 23.4 Å². The number of benzene rings is 1. The maximum absolute atomic E-state index is 11.4. The Labute approximate surface area is 132 Å². The minimum atomic E-state index is -3.17. The number of hydrogen-bond donors (Lipinski definition) is 2. The summed E-state index contributed by atoms with van der Waals surface area (Å²) in [6.45, 7) is 0. The average Bonchev–Trinajstić information content (AvgIpc) is 2.46. The monoisotopic (exact) mass is 343 g/mol. The Kier molecular flexibility index (Phi) is 5.10. The third kappa shape index (κ3) is 4.34. The molecule has 0 aliphatic carbocycles. The summed E-state index contributed by atoms with van der Waals surface area (Å²) in [5.41, 5.74) is 3.18. The van der Waals surface area contributed by atoms with Gasteiger partial charge in [0.15, 0.2) is 9.84 Å². The van der Waals surface area contributed by atoms with Crippen molar-refractivity contribution in [2.24, 2.45) is 5.84 Å². The van der Waals surface area contributed by atoms with Crippen LogP contribution in [0.3, 0.4) is 0 Å². The summed E-state index contributed by atoms with van der Waals surface area (Å²) in [5.74, 6) is 6.42. The van der Waals surface area contributed by atoms with E-state index >= 15 is 0 Å². The predicted molar refractivity (Wildman–Crippen MR) is 86.2 cm³/mol. The van der Waals surface area contributed by atoms with E-state index in [9.17, 15) is 8.42 Å². The van der Waals surface area contributed by atoms with E-state index in [0.717, 1.165) is 4.90 Å². The van der Waals surface area contributed by atoms with Gasteiger partial charge in [-0.15, -0.1) is 11.8 Å². The Hall–Kier alpha value is -1.28. The number of sulfone groups is 1. The van der Waals surface area contributed by atoms with Gasteiger partial charge in [-0.05, 0) is 36.4 Å². The van der Waals surface area contributed by atoms with E-state index in [0.29, 0.717) is 27.2 Å². The van der Waals surface area contributed by atoms with Crippen molar-refractivity contribution in [3.63, 3.8) is 0 Å². The molecule has 0 spiro atoms. The first-order valence-electron chi connectivity index (χ1n) is 5.95. The smallest absolute Gasteiger partial charge is 0.175 e. The number of nitrogen functional groups attached to an aromatic ring is 1. The predicted octanol–water partition coefficient (Wildman–Crippen LogP) is 2.72. The average molecular weight is 344 g/mol. The lowest BCUT2D eigenvalue weighted by atomic mass is 10.4. The van der Waals surface area contributed by atoms with E-state index in [-0.39, 0.29) is 0 Å². The van der Waals surface area contributed by atoms with Crippen molar-refractivity contribution in [3.8, 4) is 0 Å². The summed E-state index contributed by atoms with van der Waals surface area (Å²) in [5, 5.41) is 0.564. The van der Waals surface area contributed by atoms with Gasteiger partial charge in [-0.1, -0.05) is 11.6 Å². The first-order valence-corrected chi connectivity index (χ1v) is 9.20. The Bertz CT molecular complexity index is 734. The van der Waals surface area contributed by atoms with Crippen LogP contribution in [-0.4, -0.2) is 19.7 Å². The van der Waals surface area contributed by atoms with Gasteiger partial charge in [0.05, 0.1) is 15.6 Å². The van der Waals surface area contributed by atoms with Gasteiger partial charge in [0.1, 0.15) is 5.82 Å². The van der Waals surface area contributed by atoms with Gasteiger partial charge in [-0.2, -0.15) is 0 Å². The first kappa shape index (κ1) is 16.1. The Balaban J connectivity index is 2.10. The number of nitrogens with one attached hydrogen (secondary N) is 1. The zero-order valence-corrected chi connectivity index (χ0v) is 13.6. The molecule has 0 aliphatic rings. The molecule has 2 rings (SSSR count). The van der Waals surface area contributed by atoms with E-state index < -0.39 is 9.84 Å². The van der Waals surface area contributed by atoms with Crippen LogP contribution in [0.15, 0.2) is 46.2 Å². The number of nitrogens with zero attached hydrogens (tertiary/aromatic N) is 1. The van der Waals surface area contributed by atoms with Gasteiger partial charge in [-0.25, -0.2) is 19.2 Å². The number of pyridine rings is 1. The quantitative estimate of drug-likeness (QED) is 0.493. The van der Waals surface area contributed by atoms with Crippen molar-refractivity contribution in [1.82, 2.24) is 4.98 Å². The summed E-state index contributed by atoms with van der Waals surface area (Å²) < 4.78 is 22.8. The van der Waals surface area contributed by atoms with Gasteiger partial charge in [-0.3, -0.25) is 0 Å². The van der Waals surface area contributed by atoms with E-state index in [1.807, 2.05) is 0 Å². The molecule has 0 bridgehead atoms. The third-order valence-electron chi connectivity index (χ3n) is 2.69. The number of hydrogen-bond acceptors (Lipinski definition) is 6. The molecule has 0 atom stereocenters. The molecular weight excluding hydrogens is 330 g/mol. The minimum absolute atomic E-state index is 0.303. The highest BCUT2D eigenvalue weighted by atomic mass is 35.5. The number of nitrogens with two attached hydrogens (primary N) is 1. The third-order valence-corrected chi connectivity index (χ3v) is 5.19. The second kappa shape index (κ2) is 6.65.